The summed E-state index contributed by atoms with van der Waals surface area (Å²) in [5.74, 6) is -3.22. The number of rotatable bonds is 3. The minimum absolute atomic E-state index is 0.348. The first kappa shape index (κ1) is 15.9. The Balaban J connectivity index is 2.19. The molecule has 20 heavy (non-hydrogen) atoms. The van der Waals surface area contributed by atoms with Gasteiger partial charge in [-0.05, 0) is 6.42 Å². The Morgan fingerprint density at radius 2 is 2.15 bits per heavy atom. The first-order valence-corrected chi connectivity index (χ1v) is 7.58. The Hall–Kier alpha value is -0.440. The molecule has 2 aliphatic heterocycles. The second-order valence-electron chi connectivity index (χ2n) is 5.21. The van der Waals surface area contributed by atoms with Crippen molar-refractivity contribution in [3.63, 3.8) is 0 Å². The molecule has 8 heteroatoms. The Labute approximate surface area is 120 Å². The highest BCUT2D eigenvalue weighted by Crippen LogP contribution is 2.36. The van der Waals surface area contributed by atoms with Gasteiger partial charge in [0, 0.05) is 19.9 Å². The molecule has 2 fully saturated rings. The van der Waals surface area contributed by atoms with Crippen LogP contribution < -0.4 is 5.32 Å². The van der Waals surface area contributed by atoms with E-state index >= 15 is 0 Å². The van der Waals surface area contributed by atoms with Gasteiger partial charge in [-0.2, -0.15) is 0 Å². The van der Waals surface area contributed by atoms with E-state index in [-0.39, 0.29) is 0 Å². The van der Waals surface area contributed by atoms with Crippen LogP contribution in [-0.2, 0) is 4.74 Å². The zero-order valence-corrected chi connectivity index (χ0v) is 12.2. The van der Waals surface area contributed by atoms with E-state index in [1.807, 2.05) is 6.92 Å². The molecule has 0 spiro atoms. The molecule has 5 nitrogen and oxygen atoms in total. The van der Waals surface area contributed by atoms with Crippen molar-refractivity contribution in [1.82, 2.24) is 5.32 Å². The van der Waals surface area contributed by atoms with Gasteiger partial charge in [-0.25, -0.2) is 8.78 Å². The first-order valence-electron chi connectivity index (χ1n) is 6.70. The molecule has 0 radical (unpaired) electrons. The number of alkyl halides is 2. The maximum Gasteiger partial charge on any atom is 0.273 e. The molecule has 0 aromatic heterocycles. The average molecular weight is 310 g/mol. The zero-order chi connectivity index (χ0) is 14.9. The van der Waals surface area contributed by atoms with Crippen molar-refractivity contribution >= 4 is 16.9 Å². The molecule has 2 rings (SSSR count). The third-order valence-corrected chi connectivity index (χ3v) is 4.38. The summed E-state index contributed by atoms with van der Waals surface area (Å²) in [6, 6.07) is -0.529. The van der Waals surface area contributed by atoms with E-state index in [1.165, 1.54) is 11.8 Å². The fourth-order valence-corrected chi connectivity index (χ4v) is 3.43. The number of hydrogen-bond donors (Lipinski definition) is 3. The summed E-state index contributed by atoms with van der Waals surface area (Å²) < 4.78 is 32.3. The van der Waals surface area contributed by atoms with Crippen LogP contribution in [0.3, 0.4) is 0 Å². The topological polar surface area (TPSA) is 74.1 Å². The van der Waals surface area contributed by atoms with Crippen LogP contribution in [0.4, 0.5) is 8.78 Å². The van der Waals surface area contributed by atoms with Crippen LogP contribution in [0.1, 0.15) is 26.7 Å². The summed E-state index contributed by atoms with van der Waals surface area (Å²) in [7, 11) is 0. The lowest BCUT2D eigenvalue weighted by Gasteiger charge is -2.30. The molecule has 5 unspecified atom stereocenters. The SMILES string of the molecule is CCCN=C1NC2CC(OC(C(C)(F)F)C(O)C2O)S1. The number of aliphatic imine (C=N–C) groups is 1. The van der Waals surface area contributed by atoms with Crippen LogP contribution in [0, 0.1) is 0 Å². The van der Waals surface area contributed by atoms with E-state index in [9.17, 15) is 19.0 Å². The highest BCUT2D eigenvalue weighted by Gasteiger charge is 2.51. The predicted molar refractivity (Wildman–Crippen MR) is 73.0 cm³/mol. The molecule has 3 N–H and O–H groups in total. The number of hydrogen-bond acceptors (Lipinski definition) is 5. The summed E-state index contributed by atoms with van der Waals surface area (Å²) in [5.41, 5.74) is -0.542. The zero-order valence-electron chi connectivity index (χ0n) is 11.4. The van der Waals surface area contributed by atoms with Gasteiger partial charge in [0.05, 0.1) is 6.04 Å². The van der Waals surface area contributed by atoms with Crippen LogP contribution in [-0.4, -0.2) is 57.6 Å². The highest BCUT2D eigenvalue weighted by molar-refractivity contribution is 8.14. The second-order valence-corrected chi connectivity index (χ2v) is 6.36. The Kier molecular flexibility index (Phi) is 4.88. The van der Waals surface area contributed by atoms with Gasteiger partial charge in [-0.1, -0.05) is 18.7 Å². The van der Waals surface area contributed by atoms with Crippen molar-refractivity contribution in [3.05, 3.63) is 0 Å². The molecular formula is C12H20F2N2O3S. The number of aliphatic hydroxyl groups excluding tert-OH is 2. The van der Waals surface area contributed by atoms with Crippen molar-refractivity contribution in [2.24, 2.45) is 4.99 Å². The average Bonchev–Trinajstić information content (AvgIpc) is 2.46. The number of nitrogens with one attached hydrogen (secondary N) is 1. The summed E-state index contributed by atoms with van der Waals surface area (Å²) in [6.45, 7) is 3.28. The fraction of sp³-hybridized carbons (Fsp3) is 0.917. The van der Waals surface area contributed by atoms with Crippen LogP contribution in [0.15, 0.2) is 4.99 Å². The molecule has 0 aliphatic carbocycles. The normalized spacial score (nSPS) is 40.3. The van der Waals surface area contributed by atoms with Gasteiger partial charge < -0.3 is 20.3 Å². The maximum atomic E-state index is 13.5. The van der Waals surface area contributed by atoms with Gasteiger partial charge >= 0.3 is 0 Å². The summed E-state index contributed by atoms with van der Waals surface area (Å²) >= 11 is 1.22. The Bertz CT molecular complexity index is 378. The smallest absolute Gasteiger partial charge is 0.273 e. The van der Waals surface area contributed by atoms with Gasteiger partial charge in [0.1, 0.15) is 17.6 Å². The quantitative estimate of drug-likeness (QED) is 0.724. The van der Waals surface area contributed by atoms with Gasteiger partial charge in [0.25, 0.3) is 5.92 Å². The number of amidine groups is 1. The standard InChI is InChI=1S/C12H20F2N2O3S/c1-3-4-15-11-16-6-5-7(20-11)19-10(12(2,13)14)9(18)8(6)17/h6-10,17-18H,3-5H2,1-2H3,(H,15,16). The molecule has 0 aromatic carbocycles. The minimum Gasteiger partial charge on any atom is -0.388 e. The molecule has 0 saturated carbocycles. The summed E-state index contributed by atoms with van der Waals surface area (Å²) in [5, 5.41) is 23.5. The number of thioether (sulfide) groups is 1. The molecule has 0 amide bonds. The molecule has 5 atom stereocenters. The van der Waals surface area contributed by atoms with Crippen molar-refractivity contribution in [3.8, 4) is 0 Å². The van der Waals surface area contributed by atoms with E-state index < -0.39 is 35.7 Å². The van der Waals surface area contributed by atoms with Crippen molar-refractivity contribution in [1.29, 1.82) is 0 Å². The molecule has 2 saturated heterocycles. The van der Waals surface area contributed by atoms with Crippen molar-refractivity contribution in [2.75, 3.05) is 6.54 Å². The number of aliphatic hydroxyl groups is 2. The van der Waals surface area contributed by atoms with E-state index in [4.69, 9.17) is 4.74 Å². The lowest BCUT2D eigenvalue weighted by atomic mass is 9.97. The number of fused-ring (bicyclic) bond motifs is 2. The first-order chi connectivity index (χ1) is 9.32. The van der Waals surface area contributed by atoms with Crippen LogP contribution >= 0.6 is 11.8 Å². The lowest BCUT2D eigenvalue weighted by Crippen LogP contribution is -2.53. The maximum absolute atomic E-state index is 13.5. The molecule has 2 heterocycles. The van der Waals surface area contributed by atoms with E-state index in [2.05, 4.69) is 10.3 Å². The monoisotopic (exact) mass is 310 g/mol. The molecular weight excluding hydrogens is 290 g/mol. The van der Waals surface area contributed by atoms with Crippen LogP contribution in [0.2, 0.25) is 0 Å². The van der Waals surface area contributed by atoms with Crippen LogP contribution in [0.5, 0.6) is 0 Å². The molecule has 116 valence electrons. The van der Waals surface area contributed by atoms with Crippen molar-refractivity contribution < 1.29 is 23.7 Å². The third kappa shape index (κ3) is 3.41. The number of halogens is 2. The third-order valence-electron chi connectivity index (χ3n) is 3.35. The molecule has 2 aliphatic rings. The highest BCUT2D eigenvalue weighted by atomic mass is 32.2. The lowest BCUT2D eigenvalue weighted by molar-refractivity contribution is -0.183. The minimum atomic E-state index is -3.22. The van der Waals surface area contributed by atoms with E-state index in [0.29, 0.717) is 25.1 Å². The molecule has 0 aromatic rings. The molecule has 2 bridgehead atoms. The van der Waals surface area contributed by atoms with Gasteiger partial charge in [-0.15, -0.1) is 0 Å². The number of ether oxygens (including phenoxy) is 1. The predicted octanol–water partition coefficient (Wildman–Crippen LogP) is 0.949. The van der Waals surface area contributed by atoms with Gasteiger partial charge in [-0.3, -0.25) is 4.99 Å². The summed E-state index contributed by atoms with van der Waals surface area (Å²) in [6.07, 6.45) is -3.46. The van der Waals surface area contributed by atoms with Crippen molar-refractivity contribution in [2.45, 2.75) is 62.4 Å². The largest absolute Gasteiger partial charge is 0.388 e. The Morgan fingerprint density at radius 3 is 2.75 bits per heavy atom. The second kappa shape index (κ2) is 6.13. The van der Waals surface area contributed by atoms with Gasteiger partial charge in [0.2, 0.25) is 0 Å². The van der Waals surface area contributed by atoms with Crippen LogP contribution in [0.25, 0.3) is 0 Å². The fourth-order valence-electron chi connectivity index (χ4n) is 2.32. The number of nitrogens with zero attached hydrogens (tertiary/aromatic N) is 1. The van der Waals surface area contributed by atoms with Gasteiger partial charge in [0.15, 0.2) is 11.3 Å². The van der Waals surface area contributed by atoms with E-state index in [1.54, 1.807) is 0 Å². The van der Waals surface area contributed by atoms with E-state index in [0.717, 1.165) is 6.42 Å². The summed E-state index contributed by atoms with van der Waals surface area (Å²) in [4.78, 5) is 4.28. The Morgan fingerprint density at radius 1 is 1.45 bits per heavy atom.